The fourth-order valence-electron chi connectivity index (χ4n) is 14.7. The number of carbonyl (C=O) groups excluding carboxylic acids is 4. The second-order valence-corrected chi connectivity index (χ2v) is 44.7. The number of aliphatic hydroxyl groups excluding tert-OH is 4. The van der Waals surface area contributed by atoms with Gasteiger partial charge >= 0.3 is 77.6 Å². The van der Waals surface area contributed by atoms with Gasteiger partial charge in [-0.25, -0.2) is 37.4 Å². The van der Waals surface area contributed by atoms with Crippen molar-refractivity contribution in [3.63, 3.8) is 0 Å². The number of nitrogens with zero attached hydrogens (tertiary/aromatic N) is 4. The van der Waals surface area contributed by atoms with E-state index in [1.54, 1.807) is 149 Å². The van der Waals surface area contributed by atoms with E-state index in [4.69, 9.17) is 120 Å². The molecule has 0 amide bonds. The molecule has 12 N–H and O–H groups in total. The van der Waals surface area contributed by atoms with Gasteiger partial charge < -0.3 is 76.4 Å². The van der Waals surface area contributed by atoms with Gasteiger partial charge in [0.15, 0.2) is 24.9 Å². The third kappa shape index (κ3) is 32.6. The molecule has 0 aliphatic carbocycles. The van der Waals surface area contributed by atoms with Crippen LogP contribution < -0.4 is 83.4 Å². The van der Waals surface area contributed by atoms with Crippen LogP contribution in [0.5, 0.6) is 23.0 Å². The average Bonchev–Trinajstić information content (AvgIpc) is 1.63. The van der Waals surface area contributed by atoms with E-state index in [0.717, 1.165) is 42.5 Å². The number of carbonyl (C=O) groups is 4. The molecular formula is C90H120Cl4N12O36P4. The lowest BCUT2D eigenvalue weighted by molar-refractivity contribution is -0.146. The average molecular weight is 2210 g/mol. The molecule has 146 heavy (non-hydrogen) atoms. The van der Waals surface area contributed by atoms with Crippen LogP contribution in [0.2, 0.25) is 0 Å². The predicted molar refractivity (Wildman–Crippen MR) is 529 cm³/mol. The SMILES string of the molecule is CCOC(=O)[C@@H](C)N[P@@](=O)(OC[C@H]1O[C@@H](n2ccc(=O)[nH]c2=O)[C@](C)(Cl)[C@@H]1O)Oc1ccccc1.CCOC(=O)[C@@H](C)N[P@](=O)(OC[C@H]1O[C@@H](n2ccc(=O)[nH]c2=O)[C@](C)(Cl)[C@@H]1O)Oc1ccccc1.CCOC(=O)[C@@H](CC(C)C)NP(=O)(OC[C@H]1O[C@@H](n2ccc(=O)[nH]c2=O)[C@](C)(Cl)[C@@H]1O)Oc1ccccc1.CCOC(=O)[C@@H](CC(C)C)N[P@](=O)(OC[C@H]1O[C@@H](n2ccc(=O)[nH]c2=O)[C@](C)(Cl)[C@@H]1O)Oc1ccccc1. The molecule has 8 aromatic rings. The molecule has 48 nitrogen and oxygen atoms in total. The number of hydrogen-bond donors (Lipinski definition) is 12. The second-order valence-electron chi connectivity index (χ2n) is 34.7. The quantitative estimate of drug-likeness (QED) is 0.00740. The lowest BCUT2D eigenvalue weighted by atomic mass is 10.0. The van der Waals surface area contributed by atoms with Crippen molar-refractivity contribution in [1.29, 1.82) is 0 Å². The lowest BCUT2D eigenvalue weighted by Gasteiger charge is -2.27. The Hall–Kier alpha value is -9.88. The highest BCUT2D eigenvalue weighted by atomic mass is 35.5. The lowest BCUT2D eigenvalue weighted by Crippen LogP contribution is -2.43. The number of aromatic amines is 4. The maximum atomic E-state index is 13.9. The minimum Gasteiger partial charge on any atom is -0.465 e. The summed E-state index contributed by atoms with van der Waals surface area (Å²) in [5.74, 6) is -1.68. The molecule has 4 fully saturated rings. The van der Waals surface area contributed by atoms with Gasteiger partial charge in [0.2, 0.25) is 0 Å². The summed E-state index contributed by atoms with van der Waals surface area (Å²) in [5.41, 5.74) is -5.57. The number of rotatable bonds is 44. The Bertz CT molecular complexity index is 6010. The topological polar surface area (TPSA) is 633 Å². The highest BCUT2D eigenvalue weighted by Gasteiger charge is 2.59. The van der Waals surface area contributed by atoms with Crippen LogP contribution in [0.25, 0.3) is 0 Å². The third-order valence-corrected chi connectivity index (χ3v) is 30.0. The van der Waals surface area contributed by atoms with E-state index >= 15 is 0 Å². The van der Waals surface area contributed by atoms with Crippen molar-refractivity contribution in [2.75, 3.05) is 52.9 Å². The van der Waals surface area contributed by atoms with Crippen molar-refractivity contribution in [2.24, 2.45) is 11.8 Å². The molecule has 4 aliphatic rings. The van der Waals surface area contributed by atoms with Crippen LogP contribution in [0.3, 0.4) is 0 Å². The molecule has 4 aromatic heterocycles. The van der Waals surface area contributed by atoms with Crippen LogP contribution in [0.1, 0.15) is 135 Å². The summed E-state index contributed by atoms with van der Waals surface area (Å²) < 4.78 is 147. The van der Waals surface area contributed by atoms with Gasteiger partial charge in [0.05, 0.1) is 52.9 Å². The Kier molecular flexibility index (Phi) is 43.4. The van der Waals surface area contributed by atoms with Gasteiger partial charge in [-0.15, -0.1) is 46.4 Å². The summed E-state index contributed by atoms with van der Waals surface area (Å²) in [4.78, 5) is 146. The van der Waals surface area contributed by atoms with Gasteiger partial charge in [-0.3, -0.25) is 94.7 Å². The molecule has 4 saturated heterocycles. The zero-order valence-electron chi connectivity index (χ0n) is 81.6. The summed E-state index contributed by atoms with van der Waals surface area (Å²) in [6.07, 6.45) is -9.50. The van der Waals surface area contributed by atoms with Crippen LogP contribution in [-0.2, 0) is 93.4 Å². The number of aromatic nitrogens is 8. The highest BCUT2D eigenvalue weighted by molar-refractivity contribution is 7.53. The number of para-hydroxylation sites is 4. The first-order valence-electron chi connectivity index (χ1n) is 45.8. The van der Waals surface area contributed by atoms with Crippen LogP contribution in [0.15, 0.2) is 209 Å². The molecule has 804 valence electrons. The highest BCUT2D eigenvalue weighted by Crippen LogP contribution is 2.54. The number of nitrogens with one attached hydrogen (secondary N) is 8. The summed E-state index contributed by atoms with van der Waals surface area (Å²) >= 11 is 26.1. The number of H-pyrrole nitrogens is 4. The largest absolute Gasteiger partial charge is 0.465 e. The first-order chi connectivity index (χ1) is 68.6. The van der Waals surface area contributed by atoms with Crippen molar-refractivity contribution >= 4 is 101 Å². The zero-order valence-corrected chi connectivity index (χ0v) is 88.2. The van der Waals surface area contributed by atoms with E-state index < -0.39 is 244 Å². The number of alkyl halides is 4. The number of esters is 4. The first-order valence-corrected chi connectivity index (χ1v) is 53.4. The Labute approximate surface area is 855 Å². The molecule has 0 spiro atoms. The van der Waals surface area contributed by atoms with Crippen molar-refractivity contribution in [3.05, 3.63) is 254 Å². The van der Waals surface area contributed by atoms with E-state index in [2.05, 4.69) is 40.3 Å². The normalized spacial score (nSPS) is 26.1. The van der Waals surface area contributed by atoms with Crippen LogP contribution in [0.4, 0.5) is 0 Å². The van der Waals surface area contributed by atoms with Crippen molar-refractivity contribution in [1.82, 2.24) is 58.6 Å². The molecule has 56 heteroatoms. The Morgan fingerprint density at radius 2 is 0.541 bits per heavy atom. The summed E-state index contributed by atoms with van der Waals surface area (Å²) in [6, 6.07) is 33.0. The standard InChI is InChI=1S/2C24H33ClN3O9P.2C21H27ClN3O9P/c2*1-5-34-21(31)17(13-15(2)3)27-38(33,37-16-9-7-6-8-10-16)35-14-18-20(30)24(4,25)22(36-18)28-12-11-19(29)26-23(28)32;2*1-4-31-18(28)13(2)24-35(30,34-14-8-6-5-7-9-14)32-12-15-17(27)21(3,22)19(33-15)25-11-10-16(26)23-20(25)29/h2*6-12,15,17-18,20,22,30H,5,13-14H2,1-4H3,(H,27,33)(H,26,29,32);2*5-11,13,15,17,19,27H,4,12H2,1-3H3,(H,24,30)(H,23,26,29)/t17-,18-,20-,22-,24-,38?;17-,18-,20-,22-,24-,38+;13-,15-,17-,19-,21-,35+;13-,15-,17-,19-,21-,35-/m1111/s1. The second kappa shape index (κ2) is 53.0. The zero-order chi connectivity index (χ0) is 108. The van der Waals surface area contributed by atoms with Crippen LogP contribution in [-0.4, -0.2) is 228 Å². The van der Waals surface area contributed by atoms with Gasteiger partial charge in [-0.2, -0.15) is 20.3 Å². The van der Waals surface area contributed by atoms with E-state index in [1.807, 2.05) is 27.7 Å². The summed E-state index contributed by atoms with van der Waals surface area (Å²) in [7, 11) is -16.9. The summed E-state index contributed by atoms with van der Waals surface area (Å²) in [5, 5.41) is 53.7. The van der Waals surface area contributed by atoms with Crippen molar-refractivity contribution < 1.29 is 132 Å². The molecule has 0 saturated carbocycles. The fraction of sp³-hybridized carbons (Fsp3) is 0.511. The Balaban J connectivity index is 0.000000217. The number of halogens is 4. The van der Waals surface area contributed by atoms with Gasteiger partial charge in [-0.1, -0.05) is 100 Å². The van der Waals surface area contributed by atoms with Gasteiger partial charge in [0, 0.05) is 49.1 Å². The smallest absolute Gasteiger partial charge is 0.459 e. The van der Waals surface area contributed by atoms with Gasteiger partial charge in [-0.05, 0) is 142 Å². The summed E-state index contributed by atoms with van der Waals surface area (Å²) in [6.45, 7) is 21.4. The van der Waals surface area contributed by atoms with Gasteiger partial charge in [0.1, 0.15) is 115 Å². The number of benzene rings is 4. The van der Waals surface area contributed by atoms with E-state index in [9.17, 15) is 96.2 Å². The van der Waals surface area contributed by atoms with Gasteiger partial charge in [0.25, 0.3) is 22.2 Å². The molecular weight excluding hydrogens is 2090 g/mol. The fourth-order valence-corrected chi connectivity index (χ4v) is 21.9. The van der Waals surface area contributed by atoms with Crippen LogP contribution >= 0.6 is 77.4 Å². The molecule has 4 aliphatic heterocycles. The van der Waals surface area contributed by atoms with Crippen molar-refractivity contribution in [2.45, 2.75) is 227 Å². The van der Waals surface area contributed by atoms with E-state index in [-0.39, 0.29) is 74.1 Å². The molecule has 1 unspecified atom stereocenters. The van der Waals surface area contributed by atoms with Crippen molar-refractivity contribution in [3.8, 4) is 23.0 Å². The van der Waals surface area contributed by atoms with Crippen LogP contribution in [0, 0.1) is 11.8 Å². The molecule has 8 heterocycles. The monoisotopic (exact) mass is 2210 g/mol. The predicted octanol–water partition coefficient (Wildman–Crippen LogP) is 8.20. The number of ether oxygens (including phenoxy) is 8. The maximum Gasteiger partial charge on any atom is 0.459 e. The Morgan fingerprint density at radius 1 is 0.342 bits per heavy atom. The Morgan fingerprint density at radius 3 is 0.733 bits per heavy atom. The minimum atomic E-state index is -4.26. The number of aliphatic hydroxyl groups is 4. The molecule has 24 atom stereocenters. The molecule has 12 rings (SSSR count). The molecule has 4 aromatic carbocycles. The number of hydrogen-bond acceptors (Lipinski definition) is 36. The third-order valence-electron chi connectivity index (χ3n) is 22.0. The molecule has 0 bridgehead atoms. The minimum absolute atomic E-state index is 0.0374. The first kappa shape index (κ1) is 120. The van der Waals surface area contributed by atoms with E-state index in [0.29, 0.717) is 0 Å². The molecule has 0 radical (unpaired) electrons. The maximum absolute atomic E-state index is 13.9. The van der Waals surface area contributed by atoms with E-state index in [1.165, 1.54) is 66.3 Å².